The van der Waals surface area contributed by atoms with E-state index in [0.717, 1.165) is 16.2 Å². The smallest absolute Gasteiger partial charge is 0.345 e. The van der Waals surface area contributed by atoms with Crippen LogP contribution in [0.15, 0.2) is 33.6 Å². The number of aromatic carboxylic acids is 1. The fourth-order valence-electron chi connectivity index (χ4n) is 1.08. The highest BCUT2D eigenvalue weighted by Crippen LogP contribution is 2.31. The molecule has 7 heteroatoms. The SMILES string of the molecule is N#Cc1ccnnc1Sc1csc(C(=O)O)c1. The fraction of sp³-hybridized carbons (Fsp3) is 0. The second-order valence-corrected chi connectivity index (χ2v) is 4.89. The van der Waals surface area contributed by atoms with Crippen LogP contribution in [0.1, 0.15) is 15.2 Å². The highest BCUT2D eigenvalue weighted by molar-refractivity contribution is 7.99. The number of aromatic nitrogens is 2. The lowest BCUT2D eigenvalue weighted by Gasteiger charge is -1.97. The van der Waals surface area contributed by atoms with Crippen LogP contribution in [0.4, 0.5) is 0 Å². The molecular formula is C10H5N3O2S2. The number of carboxylic acid groups (broad SMARTS) is 1. The van der Waals surface area contributed by atoms with Crippen molar-refractivity contribution in [3.63, 3.8) is 0 Å². The van der Waals surface area contributed by atoms with Crippen molar-refractivity contribution in [1.82, 2.24) is 10.2 Å². The maximum Gasteiger partial charge on any atom is 0.345 e. The minimum absolute atomic E-state index is 0.259. The molecule has 0 amide bonds. The van der Waals surface area contributed by atoms with Crippen LogP contribution in [0, 0.1) is 11.3 Å². The van der Waals surface area contributed by atoms with E-state index in [-0.39, 0.29) is 4.88 Å². The molecule has 0 aliphatic heterocycles. The minimum Gasteiger partial charge on any atom is -0.477 e. The maximum absolute atomic E-state index is 10.7. The number of carboxylic acids is 1. The number of hydrogen-bond donors (Lipinski definition) is 1. The van der Waals surface area contributed by atoms with Gasteiger partial charge in [-0.2, -0.15) is 10.4 Å². The summed E-state index contributed by atoms with van der Waals surface area (Å²) in [4.78, 5) is 11.7. The topological polar surface area (TPSA) is 86.9 Å². The Labute approximate surface area is 105 Å². The molecule has 0 unspecified atom stereocenters. The molecule has 0 aliphatic rings. The molecule has 5 nitrogen and oxygen atoms in total. The van der Waals surface area contributed by atoms with Crippen molar-refractivity contribution in [2.75, 3.05) is 0 Å². The predicted octanol–water partition coefficient (Wildman–Crippen LogP) is 2.26. The van der Waals surface area contributed by atoms with Gasteiger partial charge < -0.3 is 5.11 Å². The summed E-state index contributed by atoms with van der Waals surface area (Å²) in [5, 5.41) is 27.4. The first-order valence-corrected chi connectivity index (χ1v) is 6.12. The molecule has 0 aromatic carbocycles. The third kappa shape index (κ3) is 2.61. The van der Waals surface area contributed by atoms with Gasteiger partial charge in [-0.25, -0.2) is 4.79 Å². The van der Waals surface area contributed by atoms with E-state index in [1.807, 2.05) is 6.07 Å². The van der Waals surface area contributed by atoms with Crippen molar-refractivity contribution in [1.29, 1.82) is 5.26 Å². The molecule has 2 aromatic heterocycles. The number of thiophene rings is 1. The van der Waals surface area contributed by atoms with Gasteiger partial charge in [0.25, 0.3) is 0 Å². The van der Waals surface area contributed by atoms with Crippen molar-refractivity contribution < 1.29 is 9.90 Å². The summed E-state index contributed by atoms with van der Waals surface area (Å²) in [5.41, 5.74) is 0.424. The molecule has 2 rings (SSSR count). The molecule has 0 spiro atoms. The van der Waals surface area contributed by atoms with E-state index in [1.165, 1.54) is 18.0 Å². The minimum atomic E-state index is -0.957. The number of nitrogens with zero attached hydrogens (tertiary/aromatic N) is 3. The van der Waals surface area contributed by atoms with Crippen LogP contribution in [0.3, 0.4) is 0 Å². The van der Waals surface area contributed by atoms with Gasteiger partial charge in [0.05, 0.1) is 11.8 Å². The van der Waals surface area contributed by atoms with E-state index in [2.05, 4.69) is 10.2 Å². The van der Waals surface area contributed by atoms with Crippen molar-refractivity contribution in [3.8, 4) is 6.07 Å². The van der Waals surface area contributed by atoms with E-state index in [4.69, 9.17) is 10.4 Å². The van der Waals surface area contributed by atoms with Gasteiger partial charge >= 0.3 is 5.97 Å². The van der Waals surface area contributed by atoms with Crippen molar-refractivity contribution in [2.45, 2.75) is 9.92 Å². The molecule has 0 fully saturated rings. The zero-order chi connectivity index (χ0) is 12.3. The average Bonchev–Trinajstić information content (AvgIpc) is 2.78. The lowest BCUT2D eigenvalue weighted by Crippen LogP contribution is -1.90. The Morgan fingerprint density at radius 3 is 3.06 bits per heavy atom. The summed E-state index contributed by atoms with van der Waals surface area (Å²) in [6, 6.07) is 5.13. The van der Waals surface area contributed by atoms with Gasteiger partial charge in [0.2, 0.25) is 0 Å². The molecule has 0 atom stereocenters. The standard InChI is InChI=1S/C10H5N3O2S2/c11-4-6-1-2-12-13-9(6)17-7-3-8(10(14)15)16-5-7/h1-3,5H,(H,14,15). The van der Waals surface area contributed by atoms with Crippen molar-refractivity contribution >= 4 is 29.1 Å². The lowest BCUT2D eigenvalue weighted by atomic mass is 10.3. The Bertz CT molecular complexity index is 604. The third-order valence-corrected chi connectivity index (χ3v) is 3.84. The largest absolute Gasteiger partial charge is 0.477 e. The molecule has 17 heavy (non-hydrogen) atoms. The van der Waals surface area contributed by atoms with E-state index in [1.54, 1.807) is 17.5 Å². The fourth-order valence-corrected chi connectivity index (χ4v) is 2.81. The second kappa shape index (κ2) is 4.95. The molecule has 0 saturated heterocycles. The highest BCUT2D eigenvalue weighted by Gasteiger charge is 2.10. The highest BCUT2D eigenvalue weighted by atomic mass is 32.2. The first-order valence-electron chi connectivity index (χ1n) is 4.42. The Kier molecular flexibility index (Phi) is 3.37. The van der Waals surface area contributed by atoms with Crippen molar-refractivity contribution in [3.05, 3.63) is 34.2 Å². The van der Waals surface area contributed by atoms with Crippen LogP contribution in [0.25, 0.3) is 0 Å². The number of carbonyl (C=O) groups is 1. The molecule has 0 aliphatic carbocycles. The third-order valence-electron chi connectivity index (χ3n) is 1.81. The summed E-state index contributed by atoms with van der Waals surface area (Å²) in [6.07, 6.45) is 1.44. The van der Waals surface area contributed by atoms with E-state index < -0.39 is 5.97 Å². The Hall–Kier alpha value is -1.91. The van der Waals surface area contributed by atoms with Gasteiger partial charge in [-0.15, -0.1) is 16.4 Å². The van der Waals surface area contributed by atoms with E-state index in [9.17, 15) is 4.79 Å². The zero-order valence-electron chi connectivity index (χ0n) is 8.32. The molecule has 0 saturated carbocycles. The average molecular weight is 263 g/mol. The number of nitriles is 1. The molecule has 0 radical (unpaired) electrons. The number of rotatable bonds is 3. The monoisotopic (exact) mass is 263 g/mol. The van der Waals surface area contributed by atoms with Gasteiger partial charge in [-0.05, 0) is 12.1 Å². The molecule has 2 aromatic rings. The van der Waals surface area contributed by atoms with Gasteiger partial charge in [0.15, 0.2) is 0 Å². The van der Waals surface area contributed by atoms with Gasteiger partial charge in [0, 0.05) is 10.3 Å². The van der Waals surface area contributed by atoms with Crippen LogP contribution in [-0.4, -0.2) is 21.3 Å². The number of hydrogen-bond acceptors (Lipinski definition) is 6. The first-order chi connectivity index (χ1) is 8.20. The van der Waals surface area contributed by atoms with Crippen LogP contribution >= 0.6 is 23.1 Å². The summed E-state index contributed by atoms with van der Waals surface area (Å²) >= 11 is 2.37. The predicted molar refractivity (Wildman–Crippen MR) is 62.1 cm³/mol. The second-order valence-electron chi connectivity index (χ2n) is 2.92. The van der Waals surface area contributed by atoms with Gasteiger partial charge in [-0.1, -0.05) is 11.8 Å². The Morgan fingerprint density at radius 1 is 1.59 bits per heavy atom. The van der Waals surface area contributed by atoms with Gasteiger partial charge in [-0.3, -0.25) is 0 Å². The molecule has 0 bridgehead atoms. The zero-order valence-corrected chi connectivity index (χ0v) is 9.96. The first kappa shape index (κ1) is 11.6. The normalized spacial score (nSPS) is 9.82. The van der Waals surface area contributed by atoms with Crippen molar-refractivity contribution in [2.24, 2.45) is 0 Å². The maximum atomic E-state index is 10.7. The summed E-state index contributed by atoms with van der Waals surface area (Å²) in [7, 11) is 0. The quantitative estimate of drug-likeness (QED) is 0.914. The van der Waals surface area contributed by atoms with Crippen LogP contribution in [-0.2, 0) is 0 Å². The molecular weight excluding hydrogens is 258 g/mol. The van der Waals surface area contributed by atoms with Crippen LogP contribution in [0.5, 0.6) is 0 Å². The lowest BCUT2D eigenvalue weighted by molar-refractivity contribution is 0.0702. The summed E-state index contributed by atoms with van der Waals surface area (Å²) in [5.74, 6) is -0.957. The Balaban J connectivity index is 2.26. The molecule has 1 N–H and O–H groups in total. The molecule has 2 heterocycles. The Morgan fingerprint density at radius 2 is 2.41 bits per heavy atom. The van der Waals surface area contributed by atoms with E-state index >= 15 is 0 Å². The van der Waals surface area contributed by atoms with Crippen LogP contribution in [0.2, 0.25) is 0 Å². The van der Waals surface area contributed by atoms with E-state index in [0.29, 0.717) is 10.6 Å². The summed E-state index contributed by atoms with van der Waals surface area (Å²) < 4.78 is 0. The van der Waals surface area contributed by atoms with Crippen LogP contribution < -0.4 is 0 Å². The van der Waals surface area contributed by atoms with Gasteiger partial charge in [0.1, 0.15) is 16.0 Å². The summed E-state index contributed by atoms with van der Waals surface area (Å²) in [6.45, 7) is 0. The molecule has 84 valence electrons.